The molecule has 0 heterocycles. The number of halogens is 3. The van der Waals surface area contributed by atoms with E-state index in [-0.39, 0.29) is 11.6 Å². The van der Waals surface area contributed by atoms with Crippen molar-refractivity contribution in [2.24, 2.45) is 0 Å². The van der Waals surface area contributed by atoms with E-state index in [2.05, 4.69) is 21.2 Å². The molecule has 0 aliphatic carbocycles. The van der Waals surface area contributed by atoms with Crippen molar-refractivity contribution < 1.29 is 8.78 Å². The quantitative estimate of drug-likeness (QED) is 0.772. The highest BCUT2D eigenvalue weighted by molar-refractivity contribution is 9.10. The monoisotopic (exact) mass is 357 g/mol. The van der Waals surface area contributed by atoms with Crippen molar-refractivity contribution >= 4 is 27.7 Å². The van der Waals surface area contributed by atoms with Gasteiger partial charge in [-0.25, -0.2) is 8.78 Å². The zero-order valence-corrected chi connectivity index (χ0v) is 13.3. The molecule has 106 valence electrons. The summed E-state index contributed by atoms with van der Waals surface area (Å²) in [7, 11) is 1.71. The van der Waals surface area contributed by atoms with Crippen molar-refractivity contribution in [1.29, 1.82) is 0 Å². The molecule has 1 nitrogen and oxygen atoms in total. The van der Waals surface area contributed by atoms with Gasteiger partial charge in [0.1, 0.15) is 11.6 Å². The average molecular weight is 358 g/mol. The van der Waals surface area contributed by atoms with Gasteiger partial charge in [-0.15, -0.1) is 11.8 Å². The Hall–Kier alpha value is -0.910. The van der Waals surface area contributed by atoms with Crippen molar-refractivity contribution in [1.82, 2.24) is 5.32 Å². The Bertz CT molecular complexity index is 572. The number of nitrogens with one attached hydrogen (secondary N) is 1. The summed E-state index contributed by atoms with van der Waals surface area (Å²) >= 11 is 5.01. The average Bonchev–Trinajstić information content (AvgIpc) is 2.43. The highest BCUT2D eigenvalue weighted by Crippen LogP contribution is 2.31. The van der Waals surface area contributed by atoms with E-state index in [0.717, 1.165) is 9.37 Å². The third-order valence-electron chi connectivity index (χ3n) is 2.94. The summed E-state index contributed by atoms with van der Waals surface area (Å²) in [4.78, 5) is 1.05. The van der Waals surface area contributed by atoms with Crippen LogP contribution in [0.25, 0.3) is 0 Å². The predicted molar refractivity (Wildman–Crippen MR) is 83.0 cm³/mol. The fraction of sp³-hybridized carbons (Fsp3) is 0.200. The second kappa shape index (κ2) is 7.20. The van der Waals surface area contributed by atoms with Gasteiger partial charge in [0.15, 0.2) is 0 Å². The summed E-state index contributed by atoms with van der Waals surface area (Å²) in [5.74, 6) is -0.495. The number of hydrogen-bond acceptors (Lipinski definition) is 2. The second-order valence-electron chi connectivity index (χ2n) is 4.22. The number of hydrogen-bond donors (Lipinski definition) is 1. The van der Waals surface area contributed by atoms with Crippen LogP contribution >= 0.6 is 27.7 Å². The van der Waals surface area contributed by atoms with E-state index in [1.807, 2.05) is 24.3 Å². The number of benzene rings is 2. The van der Waals surface area contributed by atoms with Gasteiger partial charge in [-0.2, -0.15) is 0 Å². The molecule has 0 amide bonds. The van der Waals surface area contributed by atoms with Crippen LogP contribution in [0.4, 0.5) is 8.78 Å². The maximum absolute atomic E-state index is 13.8. The van der Waals surface area contributed by atoms with E-state index >= 15 is 0 Å². The van der Waals surface area contributed by atoms with Gasteiger partial charge in [-0.05, 0) is 47.2 Å². The van der Waals surface area contributed by atoms with Crippen LogP contribution in [0.1, 0.15) is 11.6 Å². The Morgan fingerprint density at radius 3 is 2.35 bits per heavy atom. The van der Waals surface area contributed by atoms with Crippen LogP contribution in [0.5, 0.6) is 0 Å². The SMILES string of the molecule is CNC(CSc1ccccc1Br)c1c(F)cccc1F. The molecular weight excluding hydrogens is 344 g/mol. The third-order valence-corrected chi connectivity index (χ3v) is 5.06. The van der Waals surface area contributed by atoms with Gasteiger partial charge in [-0.1, -0.05) is 18.2 Å². The predicted octanol–water partition coefficient (Wildman–Crippen LogP) is 4.78. The first-order valence-electron chi connectivity index (χ1n) is 6.12. The first kappa shape index (κ1) is 15.5. The van der Waals surface area contributed by atoms with Crippen LogP contribution in [0.3, 0.4) is 0 Å². The molecule has 0 saturated carbocycles. The zero-order chi connectivity index (χ0) is 14.5. The van der Waals surface area contributed by atoms with E-state index in [4.69, 9.17) is 0 Å². The van der Waals surface area contributed by atoms with E-state index < -0.39 is 11.6 Å². The minimum absolute atomic E-state index is 0.0922. The van der Waals surface area contributed by atoms with Gasteiger partial charge in [0.25, 0.3) is 0 Å². The lowest BCUT2D eigenvalue weighted by molar-refractivity contribution is 0.513. The smallest absolute Gasteiger partial charge is 0.130 e. The van der Waals surface area contributed by atoms with Gasteiger partial charge in [0.05, 0.1) is 0 Å². The first-order valence-corrected chi connectivity index (χ1v) is 7.90. The Kier molecular flexibility index (Phi) is 5.57. The molecule has 1 atom stereocenters. The lowest BCUT2D eigenvalue weighted by Gasteiger charge is -2.18. The van der Waals surface area contributed by atoms with Crippen LogP contribution in [0.15, 0.2) is 51.8 Å². The molecule has 1 unspecified atom stereocenters. The third kappa shape index (κ3) is 3.59. The van der Waals surface area contributed by atoms with Crippen molar-refractivity contribution in [3.05, 3.63) is 64.1 Å². The molecule has 0 bridgehead atoms. The van der Waals surface area contributed by atoms with Crippen LogP contribution in [0, 0.1) is 11.6 Å². The molecule has 2 rings (SSSR count). The fourth-order valence-corrected chi connectivity index (χ4v) is 3.58. The zero-order valence-electron chi connectivity index (χ0n) is 10.9. The van der Waals surface area contributed by atoms with Crippen molar-refractivity contribution in [2.45, 2.75) is 10.9 Å². The van der Waals surface area contributed by atoms with Crippen molar-refractivity contribution in [2.75, 3.05) is 12.8 Å². The van der Waals surface area contributed by atoms with Gasteiger partial charge >= 0.3 is 0 Å². The highest BCUT2D eigenvalue weighted by Gasteiger charge is 2.19. The summed E-state index contributed by atoms with van der Waals surface area (Å²) in [5.41, 5.74) is 0.0922. The Labute approximate surface area is 129 Å². The van der Waals surface area contributed by atoms with Crippen molar-refractivity contribution in [3.8, 4) is 0 Å². The molecule has 0 aliphatic heterocycles. The van der Waals surface area contributed by atoms with Crippen molar-refractivity contribution in [3.63, 3.8) is 0 Å². The molecule has 0 aromatic heterocycles. The summed E-state index contributed by atoms with van der Waals surface area (Å²) < 4.78 is 28.6. The van der Waals surface area contributed by atoms with E-state index in [0.29, 0.717) is 5.75 Å². The minimum atomic E-state index is -0.517. The highest BCUT2D eigenvalue weighted by atomic mass is 79.9. The van der Waals surface area contributed by atoms with E-state index in [1.54, 1.807) is 18.8 Å². The van der Waals surface area contributed by atoms with Crippen LogP contribution in [-0.2, 0) is 0 Å². The van der Waals surface area contributed by atoms with Gasteiger partial charge in [0, 0.05) is 26.7 Å². The number of thioether (sulfide) groups is 1. The van der Waals surface area contributed by atoms with Crippen LogP contribution in [0.2, 0.25) is 0 Å². The molecule has 2 aromatic rings. The minimum Gasteiger partial charge on any atom is -0.312 e. The second-order valence-corrected chi connectivity index (χ2v) is 6.13. The van der Waals surface area contributed by atoms with Crippen LogP contribution < -0.4 is 5.32 Å². The summed E-state index contributed by atoms with van der Waals surface area (Å²) in [5, 5.41) is 2.97. The molecule has 20 heavy (non-hydrogen) atoms. The maximum atomic E-state index is 13.8. The van der Waals surface area contributed by atoms with E-state index in [9.17, 15) is 8.78 Å². The Morgan fingerprint density at radius 1 is 1.10 bits per heavy atom. The molecule has 5 heteroatoms. The summed E-state index contributed by atoms with van der Waals surface area (Å²) in [6, 6.07) is 11.3. The van der Waals surface area contributed by atoms with Gasteiger partial charge in [-0.3, -0.25) is 0 Å². The Balaban J connectivity index is 2.16. The first-order chi connectivity index (χ1) is 9.63. The molecular formula is C15H14BrF2NS. The topological polar surface area (TPSA) is 12.0 Å². The molecule has 0 saturated heterocycles. The summed E-state index contributed by atoms with van der Waals surface area (Å²) in [6.07, 6.45) is 0. The van der Waals surface area contributed by atoms with Gasteiger partial charge < -0.3 is 5.32 Å². The maximum Gasteiger partial charge on any atom is 0.130 e. The van der Waals surface area contributed by atoms with Gasteiger partial charge in [0.2, 0.25) is 0 Å². The fourth-order valence-electron chi connectivity index (χ4n) is 1.89. The largest absolute Gasteiger partial charge is 0.312 e. The standard InChI is InChI=1S/C15H14BrF2NS/c1-19-13(15-11(17)6-4-7-12(15)18)9-20-14-8-3-2-5-10(14)16/h2-8,13,19H,9H2,1H3. The molecule has 0 spiro atoms. The molecule has 0 fully saturated rings. The molecule has 0 radical (unpaired) electrons. The number of rotatable bonds is 5. The normalized spacial score (nSPS) is 12.4. The lowest BCUT2D eigenvalue weighted by atomic mass is 10.1. The Morgan fingerprint density at radius 2 is 1.75 bits per heavy atom. The summed E-state index contributed by atoms with van der Waals surface area (Å²) in [6.45, 7) is 0. The molecule has 1 N–H and O–H groups in total. The lowest BCUT2D eigenvalue weighted by Crippen LogP contribution is -2.21. The van der Waals surface area contributed by atoms with E-state index in [1.165, 1.54) is 18.2 Å². The molecule has 2 aromatic carbocycles. The molecule has 0 aliphatic rings. The van der Waals surface area contributed by atoms with Crippen LogP contribution in [-0.4, -0.2) is 12.8 Å².